The molecule has 2 aromatic rings. The average molecular weight is 295 g/mol. The van der Waals surface area contributed by atoms with E-state index in [9.17, 15) is 18.0 Å². The van der Waals surface area contributed by atoms with Crippen molar-refractivity contribution < 1.29 is 18.0 Å². The number of carbonyl (C=O) groups excluding carboxylic acids is 1. The van der Waals surface area contributed by atoms with E-state index >= 15 is 0 Å². The lowest BCUT2D eigenvalue weighted by Gasteiger charge is -2.11. The lowest BCUT2D eigenvalue weighted by atomic mass is 10.1. The Labute approximate surface area is 118 Å². The lowest BCUT2D eigenvalue weighted by molar-refractivity contribution is 0.102. The zero-order chi connectivity index (χ0) is 15.6. The van der Waals surface area contributed by atoms with Crippen LogP contribution in [-0.2, 0) is 0 Å². The van der Waals surface area contributed by atoms with Crippen LogP contribution in [-0.4, -0.2) is 5.91 Å². The van der Waals surface area contributed by atoms with E-state index in [1.807, 2.05) is 0 Å². The zero-order valence-corrected chi connectivity index (χ0v) is 11.0. The van der Waals surface area contributed by atoms with Crippen molar-refractivity contribution in [2.24, 2.45) is 5.84 Å². The summed E-state index contributed by atoms with van der Waals surface area (Å²) in [5, 5.41) is 2.17. The summed E-state index contributed by atoms with van der Waals surface area (Å²) in [5.41, 5.74) is 3.23. The van der Waals surface area contributed by atoms with E-state index in [-0.39, 0.29) is 5.56 Å². The molecule has 0 saturated carbocycles. The van der Waals surface area contributed by atoms with Crippen LogP contribution in [0.15, 0.2) is 30.3 Å². The smallest absolute Gasteiger partial charge is 0.257 e. The first-order valence-electron chi connectivity index (χ1n) is 5.96. The normalized spacial score (nSPS) is 10.3. The van der Waals surface area contributed by atoms with Gasteiger partial charge in [-0.1, -0.05) is 6.07 Å². The van der Waals surface area contributed by atoms with Crippen molar-refractivity contribution in [2.75, 3.05) is 10.7 Å². The predicted molar refractivity (Wildman–Crippen MR) is 73.3 cm³/mol. The van der Waals surface area contributed by atoms with Crippen LogP contribution in [0.3, 0.4) is 0 Å². The minimum absolute atomic E-state index is 0.146. The highest BCUT2D eigenvalue weighted by Gasteiger charge is 2.17. The van der Waals surface area contributed by atoms with Crippen molar-refractivity contribution >= 4 is 17.3 Å². The van der Waals surface area contributed by atoms with E-state index in [2.05, 4.69) is 10.7 Å². The minimum Gasteiger partial charge on any atom is -0.323 e. The number of nitrogens with two attached hydrogens (primary N) is 1. The second-order valence-electron chi connectivity index (χ2n) is 4.37. The predicted octanol–water partition coefficient (Wildman–Crippen LogP) is 2.95. The summed E-state index contributed by atoms with van der Waals surface area (Å²) in [4.78, 5) is 12.1. The monoisotopic (exact) mass is 295 g/mol. The van der Waals surface area contributed by atoms with Gasteiger partial charge in [-0.15, -0.1) is 0 Å². The molecule has 0 spiro atoms. The van der Waals surface area contributed by atoms with Gasteiger partial charge in [0.2, 0.25) is 0 Å². The quantitative estimate of drug-likeness (QED) is 0.463. The van der Waals surface area contributed by atoms with Gasteiger partial charge in [0, 0.05) is 0 Å². The molecular weight excluding hydrogens is 283 g/mol. The SMILES string of the molecule is Cc1ccc(C(=O)Nc2ccc(F)c(F)c2F)c(NN)c1. The standard InChI is InChI=1S/C14H12F3N3O/c1-7-2-3-8(11(6-7)20-18)14(21)19-10-5-4-9(15)12(16)13(10)17/h2-6,20H,18H2,1H3,(H,19,21). The summed E-state index contributed by atoms with van der Waals surface area (Å²) < 4.78 is 39.5. The summed E-state index contributed by atoms with van der Waals surface area (Å²) >= 11 is 0. The maximum atomic E-state index is 13.5. The van der Waals surface area contributed by atoms with Crippen LogP contribution in [0.1, 0.15) is 15.9 Å². The molecule has 0 aliphatic rings. The van der Waals surface area contributed by atoms with Gasteiger partial charge in [0.1, 0.15) is 0 Å². The third-order valence-electron chi connectivity index (χ3n) is 2.86. The van der Waals surface area contributed by atoms with Crippen LogP contribution in [0, 0.1) is 24.4 Å². The number of hydrogen-bond acceptors (Lipinski definition) is 3. The molecule has 2 aromatic carbocycles. The van der Waals surface area contributed by atoms with Gasteiger partial charge in [-0.05, 0) is 36.8 Å². The van der Waals surface area contributed by atoms with E-state index in [0.717, 1.165) is 17.7 Å². The average Bonchev–Trinajstić information content (AvgIpc) is 2.47. The van der Waals surface area contributed by atoms with Gasteiger partial charge in [-0.2, -0.15) is 0 Å². The molecule has 2 rings (SSSR count). The number of aryl methyl sites for hydroxylation is 1. The number of nitrogens with one attached hydrogen (secondary N) is 2. The molecule has 4 nitrogen and oxygen atoms in total. The highest BCUT2D eigenvalue weighted by molar-refractivity contribution is 6.08. The Hall–Kier alpha value is -2.54. The van der Waals surface area contributed by atoms with E-state index in [1.165, 1.54) is 6.07 Å². The van der Waals surface area contributed by atoms with Gasteiger partial charge in [-0.3, -0.25) is 10.6 Å². The third kappa shape index (κ3) is 2.97. The molecule has 1 amide bonds. The van der Waals surface area contributed by atoms with E-state index in [1.54, 1.807) is 19.1 Å². The Balaban J connectivity index is 2.33. The molecule has 0 aromatic heterocycles. The molecule has 0 saturated heterocycles. The molecule has 0 heterocycles. The Morgan fingerprint density at radius 3 is 2.43 bits per heavy atom. The molecule has 0 aliphatic heterocycles. The van der Waals surface area contributed by atoms with Crippen LogP contribution < -0.4 is 16.6 Å². The maximum Gasteiger partial charge on any atom is 0.257 e. The molecule has 0 radical (unpaired) electrons. The van der Waals surface area contributed by atoms with Crippen LogP contribution in [0.5, 0.6) is 0 Å². The molecule has 0 aliphatic carbocycles. The summed E-state index contributed by atoms with van der Waals surface area (Å²) in [6.07, 6.45) is 0. The van der Waals surface area contributed by atoms with Crippen molar-refractivity contribution in [2.45, 2.75) is 6.92 Å². The Bertz CT molecular complexity index is 704. The van der Waals surface area contributed by atoms with Crippen molar-refractivity contribution in [3.05, 3.63) is 58.9 Å². The van der Waals surface area contributed by atoms with Crippen molar-refractivity contribution in [1.82, 2.24) is 0 Å². The van der Waals surface area contributed by atoms with Gasteiger partial charge < -0.3 is 10.7 Å². The number of anilines is 2. The lowest BCUT2D eigenvalue weighted by Crippen LogP contribution is -2.18. The summed E-state index contributed by atoms with van der Waals surface area (Å²) in [6.45, 7) is 1.80. The molecule has 0 fully saturated rings. The van der Waals surface area contributed by atoms with E-state index < -0.39 is 29.0 Å². The topological polar surface area (TPSA) is 67.2 Å². The molecule has 21 heavy (non-hydrogen) atoms. The van der Waals surface area contributed by atoms with Gasteiger partial charge in [0.05, 0.1) is 16.9 Å². The van der Waals surface area contributed by atoms with Gasteiger partial charge in [-0.25, -0.2) is 13.2 Å². The molecule has 0 unspecified atom stereocenters. The third-order valence-corrected chi connectivity index (χ3v) is 2.86. The Morgan fingerprint density at radius 1 is 1.05 bits per heavy atom. The van der Waals surface area contributed by atoms with Crippen molar-refractivity contribution in [3.63, 3.8) is 0 Å². The van der Waals surface area contributed by atoms with E-state index in [0.29, 0.717) is 5.69 Å². The van der Waals surface area contributed by atoms with Crippen LogP contribution in [0.25, 0.3) is 0 Å². The first-order chi connectivity index (χ1) is 9.93. The fourth-order valence-electron chi connectivity index (χ4n) is 1.79. The number of hydrogen-bond donors (Lipinski definition) is 3. The Kier molecular flexibility index (Phi) is 4.13. The molecule has 7 heteroatoms. The van der Waals surface area contributed by atoms with Crippen LogP contribution >= 0.6 is 0 Å². The summed E-state index contributed by atoms with van der Waals surface area (Å²) in [7, 11) is 0. The van der Waals surface area contributed by atoms with Crippen LogP contribution in [0.4, 0.5) is 24.5 Å². The molecule has 0 bridgehead atoms. The summed E-state index contributed by atoms with van der Waals surface area (Å²) in [5.74, 6) is 0.176. The van der Waals surface area contributed by atoms with Gasteiger partial charge in [0.15, 0.2) is 17.5 Å². The number of nitrogen functional groups attached to an aromatic ring is 1. The second kappa shape index (κ2) is 5.84. The minimum atomic E-state index is -1.64. The second-order valence-corrected chi connectivity index (χ2v) is 4.37. The summed E-state index contributed by atoms with van der Waals surface area (Å²) in [6, 6.07) is 6.44. The number of rotatable bonds is 3. The fraction of sp³-hybridized carbons (Fsp3) is 0.0714. The highest BCUT2D eigenvalue weighted by Crippen LogP contribution is 2.22. The van der Waals surface area contributed by atoms with E-state index in [4.69, 9.17) is 5.84 Å². The highest BCUT2D eigenvalue weighted by atomic mass is 19.2. The largest absolute Gasteiger partial charge is 0.323 e. The first-order valence-corrected chi connectivity index (χ1v) is 5.96. The van der Waals surface area contributed by atoms with Gasteiger partial charge in [0.25, 0.3) is 5.91 Å². The fourth-order valence-corrected chi connectivity index (χ4v) is 1.79. The maximum absolute atomic E-state index is 13.5. The van der Waals surface area contributed by atoms with Crippen molar-refractivity contribution in [3.8, 4) is 0 Å². The number of hydrazine groups is 1. The Morgan fingerprint density at radius 2 is 1.76 bits per heavy atom. The molecular formula is C14H12F3N3O. The van der Waals surface area contributed by atoms with Gasteiger partial charge >= 0.3 is 0 Å². The van der Waals surface area contributed by atoms with Crippen LogP contribution in [0.2, 0.25) is 0 Å². The number of benzene rings is 2. The molecule has 4 N–H and O–H groups in total. The number of carbonyl (C=O) groups is 1. The molecule has 0 atom stereocenters. The zero-order valence-electron chi connectivity index (χ0n) is 11.0. The molecule has 110 valence electrons. The number of amides is 1. The first kappa shape index (κ1) is 14.9. The number of halogens is 3. The van der Waals surface area contributed by atoms with Crippen molar-refractivity contribution in [1.29, 1.82) is 0 Å².